The normalized spacial score (nSPS) is 12.2. The monoisotopic (exact) mass is 328 g/mol. The van der Waals surface area contributed by atoms with Crippen molar-refractivity contribution in [3.8, 4) is 5.75 Å². The maximum absolute atomic E-state index is 12.0. The molecule has 0 aliphatic carbocycles. The van der Waals surface area contributed by atoms with Crippen molar-refractivity contribution in [3.63, 3.8) is 0 Å². The lowest BCUT2D eigenvalue weighted by Gasteiger charge is -2.15. The zero-order valence-corrected chi connectivity index (χ0v) is 14.9. The van der Waals surface area contributed by atoms with Crippen molar-refractivity contribution in [2.45, 2.75) is 46.2 Å². The molecular weight excluding hydrogens is 300 g/mol. The third kappa shape index (κ3) is 6.11. The molecule has 24 heavy (non-hydrogen) atoms. The van der Waals surface area contributed by atoms with Gasteiger partial charge in [0.1, 0.15) is 5.75 Å². The number of carbonyl (C=O) groups excluding carboxylic acids is 1. The second-order valence-electron chi connectivity index (χ2n) is 6.56. The largest absolute Gasteiger partial charge is 0.494 e. The number of benzene rings is 1. The number of nitrogens with zero attached hydrogens (tertiary/aromatic N) is 1. The van der Waals surface area contributed by atoms with E-state index in [2.05, 4.69) is 19.2 Å². The van der Waals surface area contributed by atoms with Gasteiger partial charge in [0.2, 0.25) is 5.91 Å². The summed E-state index contributed by atoms with van der Waals surface area (Å²) in [5.74, 6) is 1.59. The van der Waals surface area contributed by atoms with E-state index in [1.807, 2.05) is 60.3 Å². The first-order chi connectivity index (χ1) is 11.5. The summed E-state index contributed by atoms with van der Waals surface area (Å²) in [6.45, 7) is 7.82. The molecule has 0 saturated carbocycles. The number of carbonyl (C=O) groups is 1. The van der Waals surface area contributed by atoms with Gasteiger partial charge in [0, 0.05) is 25.4 Å². The van der Waals surface area contributed by atoms with Gasteiger partial charge < -0.3 is 14.6 Å². The van der Waals surface area contributed by atoms with E-state index in [0.717, 1.165) is 24.3 Å². The molecule has 0 radical (unpaired) electrons. The molecule has 1 heterocycles. The maximum Gasteiger partial charge on any atom is 0.222 e. The van der Waals surface area contributed by atoms with Gasteiger partial charge in [-0.2, -0.15) is 0 Å². The topological polar surface area (TPSA) is 43.3 Å². The predicted molar refractivity (Wildman–Crippen MR) is 97.0 cm³/mol. The van der Waals surface area contributed by atoms with Crippen molar-refractivity contribution in [1.29, 1.82) is 0 Å². The molecule has 1 atom stereocenters. The standard InChI is InChI=1S/C20H28N2O2/c1-16(2)11-15-24-19-8-6-18(7-9-19)17(3)21-20(23)10-14-22-12-4-5-13-22/h4-9,12-13,16-17H,10-11,14-15H2,1-3H3,(H,21,23). The second-order valence-corrected chi connectivity index (χ2v) is 6.56. The number of aromatic nitrogens is 1. The molecule has 4 nitrogen and oxygen atoms in total. The predicted octanol–water partition coefficient (Wildman–Crippen LogP) is 4.18. The first-order valence-corrected chi connectivity index (χ1v) is 8.67. The van der Waals surface area contributed by atoms with Crippen LogP contribution in [0.25, 0.3) is 0 Å². The highest BCUT2D eigenvalue weighted by Gasteiger charge is 2.09. The Hall–Kier alpha value is -2.23. The van der Waals surface area contributed by atoms with Crippen LogP contribution in [0.15, 0.2) is 48.8 Å². The fraction of sp³-hybridized carbons (Fsp3) is 0.450. The highest BCUT2D eigenvalue weighted by molar-refractivity contribution is 5.76. The van der Waals surface area contributed by atoms with Gasteiger partial charge in [-0.05, 0) is 49.1 Å². The van der Waals surface area contributed by atoms with Crippen molar-refractivity contribution < 1.29 is 9.53 Å². The fourth-order valence-corrected chi connectivity index (χ4v) is 2.41. The van der Waals surface area contributed by atoms with Crippen LogP contribution in [0.4, 0.5) is 0 Å². The Labute approximate surface area is 144 Å². The lowest BCUT2D eigenvalue weighted by molar-refractivity contribution is -0.121. The molecule has 1 N–H and O–H groups in total. The Morgan fingerprint density at radius 3 is 2.42 bits per heavy atom. The number of hydrogen-bond donors (Lipinski definition) is 1. The van der Waals surface area contributed by atoms with E-state index in [9.17, 15) is 4.79 Å². The molecule has 1 aromatic carbocycles. The van der Waals surface area contributed by atoms with Gasteiger partial charge in [-0.1, -0.05) is 26.0 Å². The zero-order chi connectivity index (χ0) is 17.4. The number of nitrogens with one attached hydrogen (secondary N) is 1. The minimum absolute atomic E-state index is 0.00752. The molecule has 0 saturated heterocycles. The fourth-order valence-electron chi connectivity index (χ4n) is 2.41. The number of rotatable bonds is 9. The van der Waals surface area contributed by atoms with E-state index < -0.39 is 0 Å². The number of ether oxygens (including phenoxy) is 1. The molecule has 1 unspecified atom stereocenters. The highest BCUT2D eigenvalue weighted by atomic mass is 16.5. The van der Waals surface area contributed by atoms with E-state index in [4.69, 9.17) is 4.74 Å². The third-order valence-corrected chi connectivity index (χ3v) is 3.98. The first-order valence-electron chi connectivity index (χ1n) is 8.67. The van der Waals surface area contributed by atoms with Crippen molar-refractivity contribution in [1.82, 2.24) is 9.88 Å². The van der Waals surface area contributed by atoms with E-state index >= 15 is 0 Å². The number of hydrogen-bond acceptors (Lipinski definition) is 2. The third-order valence-electron chi connectivity index (χ3n) is 3.98. The Morgan fingerprint density at radius 2 is 1.79 bits per heavy atom. The Bertz CT molecular complexity index is 603. The van der Waals surface area contributed by atoms with Gasteiger partial charge >= 0.3 is 0 Å². The van der Waals surface area contributed by atoms with Crippen LogP contribution in [0.3, 0.4) is 0 Å². The lowest BCUT2D eigenvalue weighted by Crippen LogP contribution is -2.27. The minimum Gasteiger partial charge on any atom is -0.494 e. The second kappa shape index (κ2) is 9.16. The van der Waals surface area contributed by atoms with Gasteiger partial charge in [-0.3, -0.25) is 4.79 Å². The van der Waals surface area contributed by atoms with Crippen LogP contribution in [-0.4, -0.2) is 17.1 Å². The molecule has 2 aromatic rings. The van der Waals surface area contributed by atoms with Gasteiger partial charge in [-0.25, -0.2) is 0 Å². The summed E-state index contributed by atoms with van der Waals surface area (Å²) in [6, 6.07) is 11.9. The van der Waals surface area contributed by atoms with Gasteiger partial charge in [-0.15, -0.1) is 0 Å². The van der Waals surface area contributed by atoms with Gasteiger partial charge in [0.25, 0.3) is 0 Å². The Balaban J connectivity index is 1.76. The van der Waals surface area contributed by atoms with Crippen LogP contribution >= 0.6 is 0 Å². The Kier molecular flexibility index (Phi) is 6.91. The SMILES string of the molecule is CC(C)CCOc1ccc(C(C)NC(=O)CCn2cccc2)cc1. The first kappa shape index (κ1) is 18.1. The smallest absolute Gasteiger partial charge is 0.222 e. The van der Waals surface area contributed by atoms with Crippen LogP contribution in [0.1, 0.15) is 45.2 Å². The minimum atomic E-state index is -0.00752. The summed E-state index contributed by atoms with van der Waals surface area (Å²) in [6.07, 6.45) is 5.47. The van der Waals surface area contributed by atoms with Crippen LogP contribution in [-0.2, 0) is 11.3 Å². The molecular formula is C20H28N2O2. The number of amides is 1. The molecule has 0 bridgehead atoms. The molecule has 2 rings (SSSR count). The van der Waals surface area contributed by atoms with Crippen LogP contribution in [0.2, 0.25) is 0 Å². The lowest BCUT2D eigenvalue weighted by atomic mass is 10.1. The molecule has 4 heteroatoms. The van der Waals surface area contributed by atoms with Crippen molar-refractivity contribution >= 4 is 5.91 Å². The number of aryl methyl sites for hydroxylation is 1. The summed E-state index contributed by atoms with van der Waals surface area (Å²) in [5, 5.41) is 3.04. The molecule has 0 aliphatic heterocycles. The van der Waals surface area contributed by atoms with E-state index in [-0.39, 0.29) is 11.9 Å². The highest BCUT2D eigenvalue weighted by Crippen LogP contribution is 2.18. The van der Waals surface area contributed by atoms with Crippen molar-refractivity contribution in [2.75, 3.05) is 6.61 Å². The van der Waals surface area contributed by atoms with Crippen molar-refractivity contribution in [3.05, 3.63) is 54.4 Å². The molecule has 1 amide bonds. The average molecular weight is 328 g/mol. The summed E-state index contributed by atoms with van der Waals surface area (Å²) < 4.78 is 7.73. The quantitative estimate of drug-likeness (QED) is 0.750. The molecule has 0 aliphatic rings. The zero-order valence-electron chi connectivity index (χ0n) is 14.9. The van der Waals surface area contributed by atoms with Gasteiger partial charge in [0.15, 0.2) is 0 Å². The summed E-state index contributed by atoms with van der Waals surface area (Å²) >= 11 is 0. The molecule has 0 spiro atoms. The van der Waals surface area contributed by atoms with E-state index in [1.54, 1.807) is 0 Å². The van der Waals surface area contributed by atoms with E-state index in [0.29, 0.717) is 18.9 Å². The van der Waals surface area contributed by atoms with Crippen LogP contribution in [0.5, 0.6) is 5.75 Å². The summed E-state index contributed by atoms with van der Waals surface area (Å²) in [7, 11) is 0. The molecule has 130 valence electrons. The molecule has 1 aromatic heterocycles. The van der Waals surface area contributed by atoms with Crippen molar-refractivity contribution in [2.24, 2.45) is 5.92 Å². The maximum atomic E-state index is 12.0. The van der Waals surface area contributed by atoms with Gasteiger partial charge in [0.05, 0.1) is 12.6 Å². The van der Waals surface area contributed by atoms with E-state index in [1.165, 1.54) is 0 Å². The van der Waals surface area contributed by atoms with Crippen LogP contribution < -0.4 is 10.1 Å². The Morgan fingerprint density at radius 1 is 1.12 bits per heavy atom. The van der Waals surface area contributed by atoms with Crippen LogP contribution in [0, 0.1) is 5.92 Å². The summed E-state index contributed by atoms with van der Waals surface area (Å²) in [5.41, 5.74) is 1.08. The summed E-state index contributed by atoms with van der Waals surface area (Å²) in [4.78, 5) is 12.0. The molecule has 0 fully saturated rings. The average Bonchev–Trinajstić information content (AvgIpc) is 3.06.